The highest BCUT2D eigenvalue weighted by molar-refractivity contribution is 5.99. The number of aromatic nitrogens is 4. The van der Waals surface area contributed by atoms with E-state index in [1.54, 1.807) is 6.07 Å². The van der Waals surface area contributed by atoms with Gasteiger partial charge >= 0.3 is 0 Å². The van der Waals surface area contributed by atoms with Crippen LogP contribution in [-0.2, 0) is 20.0 Å². The summed E-state index contributed by atoms with van der Waals surface area (Å²) in [5.74, 6) is 1.61. The highest BCUT2D eigenvalue weighted by Gasteiger charge is 2.17. The lowest BCUT2D eigenvalue weighted by Crippen LogP contribution is -2.12. The van der Waals surface area contributed by atoms with E-state index in [0.29, 0.717) is 12.1 Å². The molecule has 0 aliphatic carbocycles. The summed E-state index contributed by atoms with van der Waals surface area (Å²) < 4.78 is 4.50. The standard InChI is InChI=1S/C33H31N5O/c1-4-9-30-36-31-21(2)18-24(33-35-27-12-7-8-13-28(27)37(33)3)19-29(31)38(30)20-22-14-16-23(17-15-22)25-10-5-6-11-26(25)32(34)39/h5-8,10-19H,4,9,20H2,1-3H3,(H2,34,39). The van der Waals surface area contributed by atoms with Gasteiger partial charge in [0.25, 0.3) is 0 Å². The largest absolute Gasteiger partial charge is 0.366 e. The van der Waals surface area contributed by atoms with E-state index in [9.17, 15) is 4.79 Å². The molecular formula is C33H31N5O. The van der Waals surface area contributed by atoms with Crippen LogP contribution in [0.4, 0.5) is 0 Å². The van der Waals surface area contributed by atoms with Gasteiger partial charge < -0.3 is 14.9 Å². The van der Waals surface area contributed by atoms with Crippen molar-refractivity contribution >= 4 is 28.0 Å². The van der Waals surface area contributed by atoms with Crippen LogP contribution in [0.15, 0.2) is 84.9 Å². The second-order valence-electron chi connectivity index (χ2n) is 10.1. The summed E-state index contributed by atoms with van der Waals surface area (Å²) in [4.78, 5) is 22.0. The first-order valence-electron chi connectivity index (χ1n) is 13.3. The third-order valence-corrected chi connectivity index (χ3v) is 7.44. The van der Waals surface area contributed by atoms with Crippen LogP contribution in [0.2, 0.25) is 0 Å². The van der Waals surface area contributed by atoms with E-state index < -0.39 is 5.91 Å². The monoisotopic (exact) mass is 513 g/mol. The number of imidazole rings is 2. The molecule has 0 radical (unpaired) electrons. The van der Waals surface area contributed by atoms with Crippen molar-refractivity contribution in [3.05, 3.63) is 107 Å². The fourth-order valence-corrected chi connectivity index (χ4v) is 5.49. The molecule has 0 saturated heterocycles. The smallest absolute Gasteiger partial charge is 0.249 e. The molecule has 0 aliphatic rings. The molecule has 6 rings (SSSR count). The first kappa shape index (κ1) is 24.6. The van der Waals surface area contributed by atoms with Gasteiger partial charge in [-0.05, 0) is 65.9 Å². The molecule has 0 bridgehead atoms. The molecule has 0 unspecified atom stereocenters. The van der Waals surface area contributed by atoms with Gasteiger partial charge in [-0.1, -0.05) is 61.5 Å². The van der Waals surface area contributed by atoms with E-state index in [4.69, 9.17) is 15.7 Å². The number of carbonyl (C=O) groups is 1. The number of para-hydroxylation sites is 2. The van der Waals surface area contributed by atoms with Crippen LogP contribution in [0, 0.1) is 6.92 Å². The fraction of sp³-hybridized carbons (Fsp3) is 0.182. The maximum Gasteiger partial charge on any atom is 0.249 e. The summed E-state index contributed by atoms with van der Waals surface area (Å²) >= 11 is 0. The molecule has 6 heteroatoms. The molecule has 1 amide bonds. The number of aryl methyl sites for hydroxylation is 3. The minimum absolute atomic E-state index is 0.421. The van der Waals surface area contributed by atoms with Crippen LogP contribution in [0.5, 0.6) is 0 Å². The minimum atomic E-state index is -0.421. The molecule has 2 heterocycles. The highest BCUT2D eigenvalue weighted by atomic mass is 16.1. The number of fused-ring (bicyclic) bond motifs is 2. The Hall–Kier alpha value is -4.71. The van der Waals surface area contributed by atoms with Crippen molar-refractivity contribution in [2.24, 2.45) is 12.8 Å². The van der Waals surface area contributed by atoms with Crippen molar-refractivity contribution in [3.63, 3.8) is 0 Å². The summed E-state index contributed by atoms with van der Waals surface area (Å²) in [6.45, 7) is 5.02. The number of rotatable bonds is 7. The molecule has 0 aliphatic heterocycles. The average molecular weight is 514 g/mol. The molecule has 2 aromatic heterocycles. The number of carbonyl (C=O) groups excluding carboxylic acids is 1. The Morgan fingerprint density at radius 3 is 2.36 bits per heavy atom. The van der Waals surface area contributed by atoms with Crippen LogP contribution in [0.3, 0.4) is 0 Å². The summed E-state index contributed by atoms with van der Waals surface area (Å²) in [5.41, 5.74) is 15.6. The molecule has 0 atom stereocenters. The maximum absolute atomic E-state index is 11.9. The molecular weight excluding hydrogens is 482 g/mol. The predicted molar refractivity (Wildman–Crippen MR) is 158 cm³/mol. The summed E-state index contributed by atoms with van der Waals surface area (Å²) in [6.07, 6.45) is 1.92. The van der Waals surface area contributed by atoms with Crippen LogP contribution < -0.4 is 5.73 Å². The Morgan fingerprint density at radius 2 is 1.62 bits per heavy atom. The summed E-state index contributed by atoms with van der Waals surface area (Å²) in [6, 6.07) is 28.5. The number of nitrogens with two attached hydrogens (primary N) is 1. The van der Waals surface area contributed by atoms with Crippen molar-refractivity contribution in [1.29, 1.82) is 0 Å². The van der Waals surface area contributed by atoms with E-state index in [1.807, 2.05) is 30.3 Å². The van der Waals surface area contributed by atoms with Crippen molar-refractivity contribution in [1.82, 2.24) is 19.1 Å². The lowest BCUT2D eigenvalue weighted by atomic mass is 9.98. The minimum Gasteiger partial charge on any atom is -0.366 e. The number of nitrogens with zero attached hydrogens (tertiary/aromatic N) is 4. The molecule has 0 fully saturated rings. The van der Waals surface area contributed by atoms with Gasteiger partial charge in [0.15, 0.2) is 0 Å². The first-order chi connectivity index (χ1) is 18.9. The van der Waals surface area contributed by atoms with Gasteiger partial charge in [-0.25, -0.2) is 9.97 Å². The molecule has 2 N–H and O–H groups in total. The number of hydrogen-bond donors (Lipinski definition) is 1. The number of amides is 1. The van der Waals surface area contributed by atoms with E-state index in [2.05, 4.69) is 78.6 Å². The van der Waals surface area contributed by atoms with Crippen LogP contribution in [0.1, 0.15) is 40.7 Å². The van der Waals surface area contributed by atoms with Gasteiger partial charge in [0.2, 0.25) is 5.91 Å². The Labute approximate surface area is 227 Å². The van der Waals surface area contributed by atoms with E-state index in [0.717, 1.165) is 74.4 Å². The van der Waals surface area contributed by atoms with Gasteiger partial charge in [0.1, 0.15) is 11.6 Å². The van der Waals surface area contributed by atoms with Gasteiger partial charge in [0.05, 0.1) is 22.1 Å². The molecule has 194 valence electrons. The van der Waals surface area contributed by atoms with Crippen molar-refractivity contribution in [3.8, 4) is 22.5 Å². The maximum atomic E-state index is 11.9. The van der Waals surface area contributed by atoms with Crippen molar-refractivity contribution in [2.75, 3.05) is 0 Å². The summed E-state index contributed by atoms with van der Waals surface area (Å²) in [5, 5.41) is 0. The van der Waals surface area contributed by atoms with E-state index in [1.165, 1.54) is 0 Å². The zero-order valence-corrected chi connectivity index (χ0v) is 22.5. The number of primary amides is 1. The predicted octanol–water partition coefficient (Wildman–Crippen LogP) is 6.67. The lowest BCUT2D eigenvalue weighted by Gasteiger charge is -2.12. The second-order valence-corrected chi connectivity index (χ2v) is 10.1. The van der Waals surface area contributed by atoms with Gasteiger partial charge in [0, 0.05) is 31.1 Å². The van der Waals surface area contributed by atoms with Crippen LogP contribution in [-0.4, -0.2) is 25.0 Å². The zero-order chi connectivity index (χ0) is 27.1. The third kappa shape index (κ3) is 4.38. The number of hydrogen-bond acceptors (Lipinski definition) is 3. The Balaban J connectivity index is 1.42. The normalized spacial score (nSPS) is 11.5. The quantitative estimate of drug-likeness (QED) is 0.259. The van der Waals surface area contributed by atoms with E-state index >= 15 is 0 Å². The molecule has 0 spiro atoms. The zero-order valence-electron chi connectivity index (χ0n) is 22.5. The van der Waals surface area contributed by atoms with Gasteiger partial charge in [-0.3, -0.25) is 4.79 Å². The number of benzene rings is 4. The second kappa shape index (κ2) is 9.87. The molecule has 39 heavy (non-hydrogen) atoms. The fourth-order valence-electron chi connectivity index (χ4n) is 5.49. The van der Waals surface area contributed by atoms with Gasteiger partial charge in [-0.15, -0.1) is 0 Å². The SMILES string of the molecule is CCCc1nc2c(C)cc(-c3nc4ccccc4n3C)cc2n1Cc1ccc(-c2ccccc2C(N)=O)cc1. The highest BCUT2D eigenvalue weighted by Crippen LogP contribution is 2.31. The summed E-state index contributed by atoms with van der Waals surface area (Å²) in [7, 11) is 2.07. The van der Waals surface area contributed by atoms with Gasteiger partial charge in [-0.2, -0.15) is 0 Å². The lowest BCUT2D eigenvalue weighted by molar-refractivity contribution is 0.100. The molecule has 6 aromatic rings. The van der Waals surface area contributed by atoms with Crippen LogP contribution in [0.25, 0.3) is 44.6 Å². The van der Waals surface area contributed by atoms with Crippen LogP contribution >= 0.6 is 0 Å². The Morgan fingerprint density at radius 1 is 0.872 bits per heavy atom. The first-order valence-corrected chi connectivity index (χ1v) is 13.3. The average Bonchev–Trinajstić information content (AvgIpc) is 3.47. The topological polar surface area (TPSA) is 78.7 Å². The van der Waals surface area contributed by atoms with Crippen molar-refractivity contribution in [2.45, 2.75) is 33.2 Å². The Kier molecular flexibility index (Phi) is 6.23. The van der Waals surface area contributed by atoms with E-state index in [-0.39, 0.29) is 0 Å². The van der Waals surface area contributed by atoms with Crippen molar-refractivity contribution < 1.29 is 4.79 Å². The Bertz CT molecular complexity index is 1840. The molecule has 4 aromatic carbocycles. The molecule has 6 nitrogen and oxygen atoms in total. The molecule has 0 saturated carbocycles. The third-order valence-electron chi connectivity index (χ3n) is 7.44.